The van der Waals surface area contributed by atoms with Crippen LogP contribution in [0.2, 0.25) is 5.02 Å². The molecule has 9 heteroatoms. The molecule has 0 spiro atoms. The van der Waals surface area contributed by atoms with Crippen molar-refractivity contribution in [2.75, 3.05) is 13.6 Å². The van der Waals surface area contributed by atoms with Gasteiger partial charge in [0.05, 0.1) is 10.7 Å². The number of thioether (sulfide) groups is 1. The van der Waals surface area contributed by atoms with Gasteiger partial charge in [0.2, 0.25) is 11.8 Å². The summed E-state index contributed by atoms with van der Waals surface area (Å²) in [6, 6.07) is 9.24. The van der Waals surface area contributed by atoms with Gasteiger partial charge in [0.15, 0.2) is 5.17 Å². The fourth-order valence-corrected chi connectivity index (χ4v) is 4.74. The molecule has 0 bridgehead atoms. The topological polar surface area (TPSA) is 79.6 Å². The van der Waals surface area contributed by atoms with E-state index in [-0.39, 0.29) is 30.1 Å². The molecule has 0 aliphatic carbocycles. The molecule has 1 saturated heterocycles. The Hall–Kier alpha value is -2.32. The summed E-state index contributed by atoms with van der Waals surface area (Å²) >= 11 is 7.61. The van der Waals surface area contributed by atoms with Crippen LogP contribution >= 0.6 is 23.4 Å². The number of para-hydroxylation sites is 1. The number of halogens is 1. The number of aliphatic imine (C=N–C) groups is 1. The molecule has 3 rings (SSSR count). The van der Waals surface area contributed by atoms with Gasteiger partial charge in [-0.15, -0.1) is 0 Å². The Kier molecular flexibility index (Phi) is 7.20. The van der Waals surface area contributed by atoms with Crippen molar-refractivity contribution < 1.29 is 9.59 Å². The van der Waals surface area contributed by atoms with Crippen molar-refractivity contribution in [2.45, 2.75) is 31.4 Å². The zero-order chi connectivity index (χ0) is 21.8. The average molecular weight is 448 g/mol. The number of hydrogen-bond acceptors (Lipinski definition) is 5. The molecule has 1 N–H and O–H groups in total. The van der Waals surface area contributed by atoms with E-state index in [0.29, 0.717) is 22.4 Å². The van der Waals surface area contributed by atoms with E-state index in [4.69, 9.17) is 11.6 Å². The minimum absolute atomic E-state index is 0.0669. The summed E-state index contributed by atoms with van der Waals surface area (Å²) in [4.78, 5) is 31.6. The van der Waals surface area contributed by atoms with Crippen LogP contribution in [0.5, 0.6) is 0 Å². The number of benzene rings is 1. The largest absolute Gasteiger partial charge is 0.359 e. The van der Waals surface area contributed by atoms with E-state index in [2.05, 4.69) is 29.3 Å². The summed E-state index contributed by atoms with van der Waals surface area (Å²) in [7, 11) is 3.47. The fraction of sp³-hybridized carbons (Fsp3) is 0.429. The number of carbonyl (C=O) groups is 2. The van der Waals surface area contributed by atoms with Crippen LogP contribution in [0.1, 0.15) is 31.9 Å². The first-order valence-electron chi connectivity index (χ1n) is 9.81. The van der Waals surface area contributed by atoms with Gasteiger partial charge in [-0.2, -0.15) is 5.10 Å². The van der Waals surface area contributed by atoms with E-state index in [1.54, 1.807) is 24.2 Å². The van der Waals surface area contributed by atoms with Crippen LogP contribution in [0.15, 0.2) is 41.5 Å². The number of aryl methyl sites for hydroxylation is 1. The van der Waals surface area contributed by atoms with E-state index >= 15 is 0 Å². The summed E-state index contributed by atoms with van der Waals surface area (Å²) in [6.45, 7) is 4.70. The SMILES string of the molecule is CNC(=O)CC1SC(=Nc2ccccc2Cl)N(CC(c2ccnn2C)C(C)C)C1=O. The van der Waals surface area contributed by atoms with Gasteiger partial charge in [0.1, 0.15) is 5.25 Å². The standard InChI is InChI=1S/C21H26ClN5O2S/c1-13(2)14(17-9-10-24-26(17)4)12-27-20(29)18(11-19(28)23-3)30-21(27)25-16-8-6-5-7-15(16)22/h5-10,13-14,18H,11-12H2,1-4H3,(H,23,28). The highest BCUT2D eigenvalue weighted by Gasteiger charge is 2.41. The first kappa shape index (κ1) is 22.4. The lowest BCUT2D eigenvalue weighted by atomic mass is 9.91. The highest BCUT2D eigenvalue weighted by atomic mass is 35.5. The lowest BCUT2D eigenvalue weighted by Gasteiger charge is -2.27. The Balaban J connectivity index is 1.96. The van der Waals surface area contributed by atoms with Gasteiger partial charge in [0, 0.05) is 44.9 Å². The van der Waals surface area contributed by atoms with Crippen LogP contribution < -0.4 is 5.32 Å². The second-order valence-electron chi connectivity index (χ2n) is 7.51. The van der Waals surface area contributed by atoms with Crippen molar-refractivity contribution in [3.05, 3.63) is 47.2 Å². The Morgan fingerprint density at radius 1 is 1.33 bits per heavy atom. The number of aromatic nitrogens is 2. The third-order valence-electron chi connectivity index (χ3n) is 5.16. The molecule has 1 aliphatic rings. The molecule has 160 valence electrons. The minimum atomic E-state index is -0.509. The highest BCUT2D eigenvalue weighted by Crippen LogP contribution is 2.36. The lowest BCUT2D eigenvalue weighted by molar-refractivity contribution is -0.129. The number of amides is 2. The number of nitrogens with zero attached hydrogens (tertiary/aromatic N) is 4. The van der Waals surface area contributed by atoms with E-state index in [0.717, 1.165) is 5.69 Å². The highest BCUT2D eigenvalue weighted by molar-refractivity contribution is 8.15. The molecule has 2 aromatic rings. The molecule has 30 heavy (non-hydrogen) atoms. The predicted molar refractivity (Wildman–Crippen MR) is 121 cm³/mol. The smallest absolute Gasteiger partial charge is 0.242 e. The quantitative estimate of drug-likeness (QED) is 0.703. The number of hydrogen-bond donors (Lipinski definition) is 1. The number of rotatable bonds is 7. The van der Waals surface area contributed by atoms with E-state index in [1.807, 2.05) is 36.0 Å². The molecule has 2 amide bonds. The van der Waals surface area contributed by atoms with Gasteiger partial charge in [-0.3, -0.25) is 19.2 Å². The summed E-state index contributed by atoms with van der Waals surface area (Å²) < 4.78 is 1.84. The third kappa shape index (κ3) is 4.87. The molecule has 2 unspecified atom stereocenters. The van der Waals surface area contributed by atoms with Crippen LogP contribution in [-0.2, 0) is 16.6 Å². The van der Waals surface area contributed by atoms with Gasteiger partial charge < -0.3 is 5.32 Å². The normalized spacial score (nSPS) is 19.0. The van der Waals surface area contributed by atoms with Crippen LogP contribution in [0.3, 0.4) is 0 Å². The molecular weight excluding hydrogens is 422 g/mol. The Bertz CT molecular complexity index is 958. The van der Waals surface area contributed by atoms with E-state index in [9.17, 15) is 9.59 Å². The van der Waals surface area contributed by atoms with Crippen LogP contribution in [0.4, 0.5) is 5.69 Å². The van der Waals surface area contributed by atoms with Crippen LogP contribution in [0.25, 0.3) is 0 Å². The van der Waals surface area contributed by atoms with Gasteiger partial charge in [0.25, 0.3) is 0 Å². The van der Waals surface area contributed by atoms with Crippen molar-refractivity contribution in [2.24, 2.45) is 18.0 Å². The molecule has 2 atom stereocenters. The average Bonchev–Trinajstić information content (AvgIpc) is 3.25. The molecule has 1 aliphatic heterocycles. The van der Waals surface area contributed by atoms with Crippen molar-refractivity contribution in [1.29, 1.82) is 0 Å². The van der Waals surface area contributed by atoms with Crippen molar-refractivity contribution in [1.82, 2.24) is 20.0 Å². The van der Waals surface area contributed by atoms with Crippen molar-refractivity contribution >= 4 is 46.0 Å². The zero-order valence-electron chi connectivity index (χ0n) is 17.5. The van der Waals surface area contributed by atoms with Gasteiger partial charge >= 0.3 is 0 Å². The Morgan fingerprint density at radius 2 is 2.07 bits per heavy atom. The molecule has 1 aromatic heterocycles. The van der Waals surface area contributed by atoms with Gasteiger partial charge in [-0.25, -0.2) is 4.99 Å². The maximum Gasteiger partial charge on any atom is 0.242 e. The lowest BCUT2D eigenvalue weighted by Crippen LogP contribution is -2.38. The Labute approximate surface area is 185 Å². The van der Waals surface area contributed by atoms with Crippen molar-refractivity contribution in [3.8, 4) is 0 Å². The summed E-state index contributed by atoms with van der Waals surface area (Å²) in [5.41, 5.74) is 1.65. The molecule has 0 saturated carbocycles. The summed E-state index contributed by atoms with van der Waals surface area (Å²) in [6.07, 6.45) is 1.87. The summed E-state index contributed by atoms with van der Waals surface area (Å²) in [5.74, 6) is 0.0593. The first-order valence-corrected chi connectivity index (χ1v) is 11.1. The molecule has 7 nitrogen and oxygen atoms in total. The molecule has 1 fully saturated rings. The monoisotopic (exact) mass is 447 g/mol. The van der Waals surface area contributed by atoms with Crippen molar-refractivity contribution in [3.63, 3.8) is 0 Å². The molecule has 1 aromatic carbocycles. The molecular formula is C21H26ClN5O2S. The third-order valence-corrected chi connectivity index (χ3v) is 6.66. The molecule has 2 heterocycles. The summed E-state index contributed by atoms with van der Waals surface area (Å²) in [5, 5.41) is 7.45. The predicted octanol–water partition coefficient (Wildman–Crippen LogP) is 3.58. The first-order chi connectivity index (χ1) is 14.3. The van der Waals surface area contributed by atoms with Gasteiger partial charge in [-0.05, 0) is 24.1 Å². The van der Waals surface area contributed by atoms with E-state index < -0.39 is 5.25 Å². The minimum Gasteiger partial charge on any atom is -0.359 e. The van der Waals surface area contributed by atoms with Crippen LogP contribution in [0, 0.1) is 5.92 Å². The second-order valence-corrected chi connectivity index (χ2v) is 9.09. The maximum atomic E-state index is 13.2. The van der Waals surface area contributed by atoms with Crippen LogP contribution in [-0.4, -0.2) is 50.5 Å². The number of carbonyl (C=O) groups excluding carboxylic acids is 2. The maximum absolute atomic E-state index is 13.2. The fourth-order valence-electron chi connectivity index (χ4n) is 3.40. The Morgan fingerprint density at radius 3 is 2.67 bits per heavy atom. The number of nitrogens with one attached hydrogen (secondary N) is 1. The number of amidine groups is 1. The van der Waals surface area contributed by atoms with E-state index in [1.165, 1.54) is 11.8 Å². The molecule has 0 radical (unpaired) electrons. The zero-order valence-corrected chi connectivity index (χ0v) is 19.1. The van der Waals surface area contributed by atoms with Gasteiger partial charge in [-0.1, -0.05) is 49.3 Å². The second kappa shape index (κ2) is 9.66.